The predicted molar refractivity (Wildman–Crippen MR) is 103 cm³/mol. The van der Waals surface area contributed by atoms with Crippen LogP contribution in [-0.2, 0) is 11.2 Å². The zero-order valence-electron chi connectivity index (χ0n) is 13.4. The molecule has 1 aliphatic heterocycles. The lowest BCUT2D eigenvalue weighted by molar-refractivity contribution is -0.130. The summed E-state index contributed by atoms with van der Waals surface area (Å²) < 4.78 is 0.779. The second kappa shape index (κ2) is 8.86. The van der Waals surface area contributed by atoms with Crippen molar-refractivity contribution >= 4 is 41.3 Å². The van der Waals surface area contributed by atoms with Gasteiger partial charge in [0.2, 0.25) is 5.91 Å². The van der Waals surface area contributed by atoms with E-state index in [1.54, 1.807) is 11.3 Å². The highest BCUT2D eigenvalue weighted by Gasteiger charge is 2.34. The van der Waals surface area contributed by atoms with E-state index in [1.165, 1.54) is 5.56 Å². The molecule has 0 bridgehead atoms. The summed E-state index contributed by atoms with van der Waals surface area (Å²) in [6.07, 6.45) is 1.30. The molecule has 1 aromatic carbocycles. The summed E-state index contributed by atoms with van der Waals surface area (Å²) in [5, 5.41) is 0. The number of rotatable bonds is 5. The molecule has 2 heterocycles. The Morgan fingerprint density at radius 1 is 1.21 bits per heavy atom. The number of carbonyl (C=O) groups excluding carboxylic acids is 1. The fraction of sp³-hybridized carbons (Fsp3) is 0.389. The van der Waals surface area contributed by atoms with Gasteiger partial charge in [-0.15, -0.1) is 23.7 Å². The van der Waals surface area contributed by atoms with Gasteiger partial charge in [-0.25, -0.2) is 0 Å². The molecule has 3 nitrogen and oxygen atoms in total. The molecule has 0 spiro atoms. The number of amides is 1. The van der Waals surface area contributed by atoms with Crippen molar-refractivity contribution in [3.63, 3.8) is 0 Å². The molecule has 2 N–H and O–H groups in total. The Morgan fingerprint density at radius 3 is 2.58 bits per heavy atom. The SMILES string of the molecule is Cl.NC[C@@H]1CN(C(=O)CCc2ccc(Cl)s2)C[C@H]1c1ccccc1. The maximum atomic E-state index is 12.5. The van der Waals surface area contributed by atoms with Crippen LogP contribution in [0.3, 0.4) is 0 Å². The topological polar surface area (TPSA) is 46.3 Å². The van der Waals surface area contributed by atoms with Crippen LogP contribution in [0.4, 0.5) is 0 Å². The quantitative estimate of drug-likeness (QED) is 0.847. The third-order valence-electron chi connectivity index (χ3n) is 4.54. The first-order valence-electron chi connectivity index (χ1n) is 7.94. The summed E-state index contributed by atoms with van der Waals surface area (Å²) in [5.74, 6) is 0.908. The molecule has 1 saturated heterocycles. The summed E-state index contributed by atoms with van der Waals surface area (Å²) in [7, 11) is 0. The van der Waals surface area contributed by atoms with Gasteiger partial charge in [0, 0.05) is 30.3 Å². The zero-order chi connectivity index (χ0) is 16.2. The predicted octanol–water partition coefficient (Wildman–Crippen LogP) is 3.96. The van der Waals surface area contributed by atoms with Crippen LogP contribution in [0.25, 0.3) is 0 Å². The molecule has 1 aliphatic rings. The monoisotopic (exact) mass is 384 g/mol. The van der Waals surface area contributed by atoms with Crippen molar-refractivity contribution in [2.75, 3.05) is 19.6 Å². The van der Waals surface area contributed by atoms with Gasteiger partial charge in [0.05, 0.1) is 4.34 Å². The van der Waals surface area contributed by atoms with Gasteiger partial charge in [-0.2, -0.15) is 0 Å². The largest absolute Gasteiger partial charge is 0.342 e. The Balaban J connectivity index is 0.00000208. The normalized spacial score (nSPS) is 20.0. The molecular weight excluding hydrogens is 363 g/mol. The Labute approximate surface area is 158 Å². The molecule has 1 amide bonds. The van der Waals surface area contributed by atoms with E-state index in [1.807, 2.05) is 35.2 Å². The van der Waals surface area contributed by atoms with Crippen molar-refractivity contribution in [2.45, 2.75) is 18.8 Å². The molecular formula is C18H22Cl2N2OS. The van der Waals surface area contributed by atoms with Gasteiger partial charge in [-0.05, 0) is 36.6 Å². The molecule has 1 fully saturated rings. The Bertz CT molecular complexity index is 662. The number of nitrogens with zero attached hydrogens (tertiary/aromatic N) is 1. The molecule has 6 heteroatoms. The maximum absolute atomic E-state index is 12.5. The van der Waals surface area contributed by atoms with E-state index in [2.05, 4.69) is 12.1 Å². The van der Waals surface area contributed by atoms with Crippen molar-refractivity contribution in [2.24, 2.45) is 11.7 Å². The van der Waals surface area contributed by atoms with Gasteiger partial charge >= 0.3 is 0 Å². The number of nitrogens with two attached hydrogens (primary N) is 1. The summed E-state index contributed by atoms with van der Waals surface area (Å²) in [6.45, 7) is 2.15. The number of halogens is 2. The standard InChI is InChI=1S/C18H21ClN2OS.ClH/c19-17-8-6-15(23-17)7-9-18(22)21-11-14(10-20)16(12-21)13-4-2-1-3-5-13;/h1-6,8,14,16H,7,9-12,20H2;1H/t14-,16+;/m1./s1. The molecule has 130 valence electrons. The average molecular weight is 385 g/mol. The minimum absolute atomic E-state index is 0. The third kappa shape index (κ3) is 4.51. The van der Waals surface area contributed by atoms with Crippen molar-refractivity contribution in [3.8, 4) is 0 Å². The molecule has 0 unspecified atom stereocenters. The van der Waals surface area contributed by atoms with E-state index in [9.17, 15) is 4.79 Å². The van der Waals surface area contributed by atoms with Crippen LogP contribution in [0.15, 0.2) is 42.5 Å². The number of hydrogen-bond acceptors (Lipinski definition) is 3. The first-order valence-corrected chi connectivity index (χ1v) is 9.14. The van der Waals surface area contributed by atoms with Gasteiger partial charge in [0.15, 0.2) is 0 Å². The number of benzene rings is 1. The Morgan fingerprint density at radius 2 is 1.96 bits per heavy atom. The highest BCUT2D eigenvalue weighted by atomic mass is 35.5. The van der Waals surface area contributed by atoms with Gasteiger partial charge in [-0.1, -0.05) is 41.9 Å². The second-order valence-electron chi connectivity index (χ2n) is 6.02. The molecule has 0 radical (unpaired) electrons. The van der Waals surface area contributed by atoms with Gasteiger partial charge in [0.1, 0.15) is 0 Å². The summed E-state index contributed by atoms with van der Waals surface area (Å²) >= 11 is 7.49. The molecule has 0 saturated carbocycles. The van der Waals surface area contributed by atoms with E-state index in [4.69, 9.17) is 17.3 Å². The molecule has 0 aliphatic carbocycles. The van der Waals surface area contributed by atoms with Crippen molar-refractivity contribution in [1.29, 1.82) is 0 Å². The smallest absolute Gasteiger partial charge is 0.222 e. The van der Waals surface area contributed by atoms with Gasteiger partial charge in [0.25, 0.3) is 0 Å². The lowest BCUT2D eigenvalue weighted by Crippen LogP contribution is -2.29. The van der Waals surface area contributed by atoms with Gasteiger partial charge in [-0.3, -0.25) is 4.79 Å². The molecule has 2 atom stereocenters. The highest BCUT2D eigenvalue weighted by molar-refractivity contribution is 7.16. The van der Waals surface area contributed by atoms with E-state index in [-0.39, 0.29) is 18.3 Å². The number of likely N-dealkylation sites (tertiary alicyclic amines) is 1. The van der Waals surface area contributed by atoms with Crippen LogP contribution in [0.2, 0.25) is 4.34 Å². The van der Waals surface area contributed by atoms with Crippen LogP contribution < -0.4 is 5.73 Å². The van der Waals surface area contributed by atoms with Crippen molar-refractivity contribution in [1.82, 2.24) is 4.90 Å². The van der Waals surface area contributed by atoms with Crippen molar-refractivity contribution in [3.05, 3.63) is 57.2 Å². The van der Waals surface area contributed by atoms with Crippen molar-refractivity contribution < 1.29 is 4.79 Å². The number of carbonyl (C=O) groups is 1. The first-order chi connectivity index (χ1) is 11.2. The minimum Gasteiger partial charge on any atom is -0.342 e. The number of aryl methyl sites for hydroxylation is 1. The summed E-state index contributed by atoms with van der Waals surface area (Å²) in [5.41, 5.74) is 7.22. The highest BCUT2D eigenvalue weighted by Crippen LogP contribution is 2.32. The fourth-order valence-electron chi connectivity index (χ4n) is 3.27. The molecule has 3 rings (SSSR count). The van der Waals surface area contributed by atoms with Crippen LogP contribution in [0.5, 0.6) is 0 Å². The van der Waals surface area contributed by atoms with Crippen LogP contribution in [0, 0.1) is 5.92 Å². The number of hydrogen-bond donors (Lipinski definition) is 1. The zero-order valence-corrected chi connectivity index (χ0v) is 15.7. The lowest BCUT2D eigenvalue weighted by Gasteiger charge is -2.16. The van der Waals surface area contributed by atoms with Crippen LogP contribution in [-0.4, -0.2) is 30.4 Å². The summed E-state index contributed by atoms with van der Waals surface area (Å²) in [4.78, 5) is 15.7. The second-order valence-corrected chi connectivity index (χ2v) is 7.82. The van der Waals surface area contributed by atoms with Crippen LogP contribution in [0.1, 0.15) is 22.8 Å². The van der Waals surface area contributed by atoms with E-state index >= 15 is 0 Å². The van der Waals surface area contributed by atoms with Crippen LogP contribution >= 0.6 is 35.3 Å². The lowest BCUT2D eigenvalue weighted by atomic mass is 9.89. The average Bonchev–Trinajstić information content (AvgIpc) is 3.19. The maximum Gasteiger partial charge on any atom is 0.222 e. The first kappa shape index (κ1) is 19.3. The van der Waals surface area contributed by atoms with E-state index in [0.717, 1.165) is 28.7 Å². The number of thiophene rings is 1. The fourth-order valence-corrected chi connectivity index (χ4v) is 4.35. The third-order valence-corrected chi connectivity index (χ3v) is 5.83. The van der Waals surface area contributed by atoms with E-state index in [0.29, 0.717) is 24.8 Å². The van der Waals surface area contributed by atoms with Gasteiger partial charge < -0.3 is 10.6 Å². The van der Waals surface area contributed by atoms with E-state index < -0.39 is 0 Å². The Kier molecular flexibility index (Phi) is 7.11. The molecule has 1 aromatic heterocycles. The minimum atomic E-state index is 0. The summed E-state index contributed by atoms with van der Waals surface area (Å²) in [6, 6.07) is 14.3. The molecule has 24 heavy (non-hydrogen) atoms. The Hall–Kier alpha value is -1.07. The molecule has 2 aromatic rings.